The topological polar surface area (TPSA) is 68.5 Å². The molecule has 2 N–H and O–H groups in total. The second kappa shape index (κ2) is 6.76. The quantitative estimate of drug-likeness (QED) is 0.861. The molecule has 2 aromatic rings. The number of primary amides is 1. The fourth-order valence-electron chi connectivity index (χ4n) is 2.64. The van der Waals surface area contributed by atoms with Crippen LogP contribution in [0.2, 0.25) is 5.02 Å². The summed E-state index contributed by atoms with van der Waals surface area (Å²) in [6.07, 6.45) is 2.43. The summed E-state index contributed by atoms with van der Waals surface area (Å²) in [5.74, 6) is -0.00890. The van der Waals surface area contributed by atoms with Crippen LogP contribution in [0.15, 0.2) is 41.0 Å². The van der Waals surface area contributed by atoms with Crippen molar-refractivity contribution in [3.63, 3.8) is 0 Å². The van der Waals surface area contributed by atoms with Gasteiger partial charge in [-0.2, -0.15) is 0 Å². The smallest absolute Gasteiger partial charge is 0.250 e. The summed E-state index contributed by atoms with van der Waals surface area (Å²) in [5, 5.41) is 0.493. The van der Waals surface area contributed by atoms with Crippen LogP contribution >= 0.6 is 27.5 Å². The minimum absolute atomic E-state index is 0.0354. The van der Waals surface area contributed by atoms with Crippen molar-refractivity contribution in [1.82, 2.24) is 4.98 Å². The highest BCUT2D eigenvalue weighted by molar-refractivity contribution is 9.10. The van der Waals surface area contributed by atoms with Crippen molar-refractivity contribution in [3.05, 3.63) is 51.6 Å². The number of hydrogen-bond acceptors (Lipinski definition) is 4. The fraction of sp³-hybridized carbons (Fsp3) is 0.250. The average molecular weight is 397 g/mol. The number of carbonyl (C=O) groups excluding carboxylic acids is 1. The Hall–Kier alpha value is -1.79. The van der Waals surface area contributed by atoms with Gasteiger partial charge in [-0.3, -0.25) is 4.79 Å². The first-order chi connectivity index (χ1) is 11.0. The van der Waals surface area contributed by atoms with Gasteiger partial charge in [0.2, 0.25) is 5.88 Å². The zero-order chi connectivity index (χ0) is 16.4. The number of hydrogen-bond donors (Lipinski definition) is 1. The Labute approximate surface area is 147 Å². The van der Waals surface area contributed by atoms with E-state index in [1.165, 1.54) is 0 Å². The Morgan fingerprint density at radius 1 is 1.43 bits per heavy atom. The van der Waals surface area contributed by atoms with Gasteiger partial charge in [-0.1, -0.05) is 27.5 Å². The van der Waals surface area contributed by atoms with Gasteiger partial charge in [-0.25, -0.2) is 4.98 Å². The third-order valence-corrected chi connectivity index (χ3v) is 4.49. The van der Waals surface area contributed by atoms with Crippen molar-refractivity contribution in [2.24, 2.45) is 5.73 Å². The molecular formula is C16H15BrClN3O2. The maximum atomic E-state index is 11.7. The minimum Gasteiger partial charge on any atom is -0.471 e. The van der Waals surface area contributed by atoms with Crippen LogP contribution in [0.3, 0.4) is 0 Å². The van der Waals surface area contributed by atoms with E-state index in [4.69, 9.17) is 22.1 Å². The second-order valence-corrected chi connectivity index (χ2v) is 6.61. The molecule has 0 spiro atoms. The Morgan fingerprint density at radius 2 is 2.26 bits per heavy atom. The molecule has 5 nitrogen and oxygen atoms in total. The molecular weight excluding hydrogens is 382 g/mol. The predicted molar refractivity (Wildman–Crippen MR) is 93.2 cm³/mol. The number of nitrogens with zero attached hydrogens (tertiary/aromatic N) is 2. The summed E-state index contributed by atoms with van der Waals surface area (Å²) in [6.45, 7) is 1.42. The highest BCUT2D eigenvalue weighted by atomic mass is 79.9. The van der Waals surface area contributed by atoms with E-state index in [0.717, 1.165) is 23.1 Å². The molecule has 7 heteroatoms. The standard InChI is InChI=1S/C16H15BrClN3O2/c17-10-3-4-14(12(8-10)15(19)22)21-7-5-11(9-21)23-16-13(18)2-1-6-20-16/h1-4,6,8,11H,5,7,9H2,(H2,19,22)/t11-/m1/s1. The lowest BCUT2D eigenvalue weighted by molar-refractivity contribution is 0.100. The van der Waals surface area contributed by atoms with E-state index in [1.807, 2.05) is 12.1 Å². The van der Waals surface area contributed by atoms with Crippen LogP contribution in [-0.4, -0.2) is 30.1 Å². The van der Waals surface area contributed by atoms with E-state index in [0.29, 0.717) is 23.0 Å². The summed E-state index contributed by atoms with van der Waals surface area (Å²) in [7, 11) is 0. The molecule has 3 rings (SSSR count). The lowest BCUT2D eigenvalue weighted by Crippen LogP contribution is -2.27. The molecule has 0 bridgehead atoms. The van der Waals surface area contributed by atoms with Crippen molar-refractivity contribution in [2.75, 3.05) is 18.0 Å². The number of benzene rings is 1. The number of nitrogens with two attached hydrogens (primary N) is 1. The number of carbonyl (C=O) groups is 1. The molecule has 1 aromatic heterocycles. The Kier molecular flexibility index (Phi) is 4.73. The van der Waals surface area contributed by atoms with Crippen LogP contribution in [0.1, 0.15) is 16.8 Å². The maximum Gasteiger partial charge on any atom is 0.250 e. The van der Waals surface area contributed by atoms with Crippen molar-refractivity contribution >= 4 is 39.1 Å². The van der Waals surface area contributed by atoms with Crippen molar-refractivity contribution in [2.45, 2.75) is 12.5 Å². The van der Waals surface area contributed by atoms with Crippen molar-refractivity contribution < 1.29 is 9.53 Å². The molecule has 2 heterocycles. The molecule has 120 valence electrons. The Morgan fingerprint density at radius 3 is 3.00 bits per heavy atom. The average Bonchev–Trinajstić information content (AvgIpc) is 2.98. The highest BCUT2D eigenvalue weighted by Gasteiger charge is 2.27. The maximum absolute atomic E-state index is 11.7. The minimum atomic E-state index is -0.446. The molecule has 0 saturated carbocycles. The van der Waals surface area contributed by atoms with Gasteiger partial charge < -0.3 is 15.4 Å². The van der Waals surface area contributed by atoms with Crippen LogP contribution in [0.4, 0.5) is 5.69 Å². The predicted octanol–water partition coefficient (Wildman–Crippen LogP) is 3.25. The van der Waals surface area contributed by atoms with Gasteiger partial charge in [0.25, 0.3) is 5.91 Å². The third kappa shape index (κ3) is 3.59. The SMILES string of the molecule is NC(=O)c1cc(Br)ccc1N1CC[C@@H](Oc2ncccc2Cl)C1. The lowest BCUT2D eigenvalue weighted by atomic mass is 10.1. The molecule has 1 fully saturated rings. The fourth-order valence-corrected chi connectivity index (χ4v) is 3.17. The van der Waals surface area contributed by atoms with E-state index in [2.05, 4.69) is 25.8 Å². The van der Waals surface area contributed by atoms with Crippen LogP contribution in [0, 0.1) is 0 Å². The Balaban J connectivity index is 1.75. The van der Waals surface area contributed by atoms with E-state index in [1.54, 1.807) is 24.4 Å². The molecule has 0 radical (unpaired) electrons. The number of ether oxygens (including phenoxy) is 1. The largest absolute Gasteiger partial charge is 0.471 e. The number of aromatic nitrogens is 1. The van der Waals surface area contributed by atoms with Gasteiger partial charge in [0.05, 0.1) is 12.1 Å². The summed E-state index contributed by atoms with van der Waals surface area (Å²) >= 11 is 9.44. The van der Waals surface area contributed by atoms with Gasteiger partial charge in [0, 0.05) is 29.3 Å². The highest BCUT2D eigenvalue weighted by Crippen LogP contribution is 2.29. The summed E-state index contributed by atoms with van der Waals surface area (Å²) < 4.78 is 6.69. The zero-order valence-corrected chi connectivity index (χ0v) is 14.5. The first kappa shape index (κ1) is 16.1. The zero-order valence-electron chi connectivity index (χ0n) is 12.2. The first-order valence-electron chi connectivity index (χ1n) is 7.16. The van der Waals surface area contributed by atoms with Gasteiger partial charge in [-0.05, 0) is 30.3 Å². The molecule has 1 saturated heterocycles. The van der Waals surface area contributed by atoms with E-state index in [9.17, 15) is 4.79 Å². The second-order valence-electron chi connectivity index (χ2n) is 5.29. The summed E-state index contributed by atoms with van der Waals surface area (Å²) in [6, 6.07) is 9.03. The van der Waals surface area contributed by atoms with E-state index < -0.39 is 5.91 Å². The van der Waals surface area contributed by atoms with Crippen LogP contribution in [0.5, 0.6) is 5.88 Å². The molecule has 1 aliphatic rings. The van der Waals surface area contributed by atoms with E-state index >= 15 is 0 Å². The molecule has 1 aliphatic heterocycles. The van der Waals surface area contributed by atoms with Crippen LogP contribution < -0.4 is 15.4 Å². The summed E-state index contributed by atoms with van der Waals surface area (Å²) in [5.41, 5.74) is 6.80. The monoisotopic (exact) mass is 395 g/mol. The number of halogens is 2. The third-order valence-electron chi connectivity index (χ3n) is 3.71. The van der Waals surface area contributed by atoms with Crippen molar-refractivity contribution in [3.8, 4) is 5.88 Å². The molecule has 0 aliphatic carbocycles. The normalized spacial score (nSPS) is 17.3. The lowest BCUT2D eigenvalue weighted by Gasteiger charge is -2.21. The number of rotatable bonds is 4. The Bertz CT molecular complexity index is 741. The molecule has 1 amide bonds. The molecule has 0 unspecified atom stereocenters. The van der Waals surface area contributed by atoms with Crippen molar-refractivity contribution in [1.29, 1.82) is 0 Å². The van der Waals surface area contributed by atoms with Gasteiger partial charge in [-0.15, -0.1) is 0 Å². The first-order valence-corrected chi connectivity index (χ1v) is 8.33. The van der Waals surface area contributed by atoms with Crippen LogP contribution in [-0.2, 0) is 0 Å². The van der Waals surface area contributed by atoms with Gasteiger partial charge >= 0.3 is 0 Å². The number of anilines is 1. The van der Waals surface area contributed by atoms with E-state index in [-0.39, 0.29) is 6.10 Å². The number of pyridine rings is 1. The summed E-state index contributed by atoms with van der Waals surface area (Å²) in [4.78, 5) is 17.9. The van der Waals surface area contributed by atoms with Gasteiger partial charge in [0.15, 0.2) is 0 Å². The molecule has 1 atom stereocenters. The molecule has 1 aromatic carbocycles. The van der Waals surface area contributed by atoms with Crippen LogP contribution in [0.25, 0.3) is 0 Å². The molecule has 23 heavy (non-hydrogen) atoms. The number of amides is 1. The van der Waals surface area contributed by atoms with Gasteiger partial charge in [0.1, 0.15) is 11.1 Å².